The quantitative estimate of drug-likeness (QED) is 0.841. The summed E-state index contributed by atoms with van der Waals surface area (Å²) < 4.78 is 38.5. The van der Waals surface area contributed by atoms with Crippen LogP contribution in [0.15, 0.2) is 53.7 Å². The number of carbonyl (C=O) groups excluding carboxylic acids is 1. The molecular weight excluding hydrogens is 375 g/mol. The largest absolute Gasteiger partial charge is 0.458 e. The van der Waals surface area contributed by atoms with Crippen LogP contribution in [0, 0.1) is 11.3 Å². The van der Waals surface area contributed by atoms with Gasteiger partial charge in [0, 0.05) is 12.1 Å². The van der Waals surface area contributed by atoms with E-state index in [9.17, 15) is 23.1 Å². The van der Waals surface area contributed by atoms with Gasteiger partial charge in [0.1, 0.15) is 0 Å². The molecule has 2 aromatic carbocycles. The number of nitriles is 1. The van der Waals surface area contributed by atoms with Crippen molar-refractivity contribution >= 4 is 11.6 Å². The van der Waals surface area contributed by atoms with Gasteiger partial charge in [-0.2, -0.15) is 18.4 Å². The molecule has 28 heavy (non-hydrogen) atoms. The fourth-order valence-corrected chi connectivity index (χ4v) is 2.57. The molecule has 0 saturated carbocycles. The van der Waals surface area contributed by atoms with E-state index in [4.69, 9.17) is 5.26 Å². The third-order valence-electron chi connectivity index (χ3n) is 4.15. The summed E-state index contributed by atoms with van der Waals surface area (Å²) in [5.74, 6) is -3.69. The minimum atomic E-state index is -4.97. The molecule has 0 bridgehead atoms. The van der Waals surface area contributed by atoms with E-state index >= 15 is 0 Å². The van der Waals surface area contributed by atoms with Gasteiger partial charge < -0.3 is 15.3 Å². The summed E-state index contributed by atoms with van der Waals surface area (Å²) >= 11 is 0. The summed E-state index contributed by atoms with van der Waals surface area (Å²) in [6, 6.07) is 14.4. The molecule has 1 aliphatic rings. The van der Waals surface area contributed by atoms with E-state index in [2.05, 4.69) is 15.3 Å². The molecule has 1 atom stereocenters. The molecule has 0 aromatic heterocycles. The predicted molar refractivity (Wildman–Crippen MR) is 92.0 cm³/mol. The Balaban J connectivity index is 1.66. The zero-order chi connectivity index (χ0) is 20.4. The second-order valence-corrected chi connectivity index (χ2v) is 6.16. The highest BCUT2D eigenvalue weighted by molar-refractivity contribution is 6.01. The van der Waals surface area contributed by atoms with Crippen molar-refractivity contribution in [3.05, 3.63) is 70.8 Å². The van der Waals surface area contributed by atoms with E-state index in [1.54, 1.807) is 18.2 Å². The van der Waals surface area contributed by atoms with Crippen LogP contribution in [0.1, 0.15) is 33.5 Å². The van der Waals surface area contributed by atoms with Gasteiger partial charge >= 0.3 is 12.0 Å². The number of alkyl halides is 3. The van der Waals surface area contributed by atoms with Gasteiger partial charge in [-0.05, 0) is 41.5 Å². The van der Waals surface area contributed by atoms with Crippen LogP contribution in [0.3, 0.4) is 0 Å². The van der Waals surface area contributed by atoms with Crippen LogP contribution in [-0.4, -0.2) is 28.7 Å². The maximum absolute atomic E-state index is 12.8. The highest BCUT2D eigenvalue weighted by Crippen LogP contribution is 2.38. The Morgan fingerprint density at radius 3 is 2.61 bits per heavy atom. The van der Waals surface area contributed by atoms with E-state index in [1.165, 1.54) is 30.3 Å². The predicted octanol–water partition coefficient (Wildman–Crippen LogP) is 2.86. The number of rotatable bonds is 4. The van der Waals surface area contributed by atoms with Crippen molar-refractivity contribution in [3.63, 3.8) is 0 Å². The Hall–Kier alpha value is -3.38. The normalized spacial score (nSPS) is 18.8. The number of aliphatic hydroxyl groups is 1. The topological polar surface area (TPSA) is 94.7 Å². The lowest BCUT2D eigenvalue weighted by Gasteiger charge is -2.22. The number of halogens is 3. The Bertz CT molecular complexity index is 965. The highest BCUT2D eigenvalue weighted by atomic mass is 19.4. The molecule has 0 fully saturated rings. The van der Waals surface area contributed by atoms with Crippen molar-refractivity contribution in [3.8, 4) is 6.07 Å². The maximum Gasteiger partial charge on any atom is 0.458 e. The Morgan fingerprint density at radius 2 is 2.00 bits per heavy atom. The third kappa shape index (κ3) is 3.97. The molecule has 144 valence electrons. The molecular formula is C19H14F3N3O3. The van der Waals surface area contributed by atoms with Crippen LogP contribution in [0.25, 0.3) is 0 Å². The molecule has 1 heterocycles. The van der Waals surface area contributed by atoms with E-state index in [1.807, 2.05) is 6.07 Å². The molecule has 9 heteroatoms. The smallest absolute Gasteiger partial charge is 0.350 e. The van der Waals surface area contributed by atoms with Crippen LogP contribution < -0.4 is 5.32 Å². The number of benzene rings is 2. The fourth-order valence-electron chi connectivity index (χ4n) is 2.57. The summed E-state index contributed by atoms with van der Waals surface area (Å²) in [6.45, 7) is 0.129. The number of hydrogen-bond donors (Lipinski definition) is 2. The second kappa shape index (κ2) is 7.32. The first-order chi connectivity index (χ1) is 13.2. The molecule has 2 aromatic rings. The molecule has 0 aliphatic carbocycles. The van der Waals surface area contributed by atoms with Crippen molar-refractivity contribution in [1.82, 2.24) is 5.32 Å². The van der Waals surface area contributed by atoms with Gasteiger partial charge in [0.15, 0.2) is 0 Å². The van der Waals surface area contributed by atoms with Crippen LogP contribution in [0.4, 0.5) is 13.2 Å². The second-order valence-electron chi connectivity index (χ2n) is 6.16. The minimum absolute atomic E-state index is 0.0416. The van der Waals surface area contributed by atoms with E-state index in [-0.39, 0.29) is 18.2 Å². The van der Waals surface area contributed by atoms with Gasteiger partial charge in [0.05, 0.1) is 23.8 Å². The molecule has 0 saturated heterocycles. The maximum atomic E-state index is 12.8. The SMILES string of the molecule is N#Cc1ccc(C(=O)NCc2cccc(C3=NOC(O)(C(F)(F)F)C3)c2)cc1. The number of carbonyl (C=O) groups is 1. The minimum Gasteiger partial charge on any atom is -0.350 e. The monoisotopic (exact) mass is 389 g/mol. The zero-order valence-corrected chi connectivity index (χ0v) is 14.3. The van der Waals surface area contributed by atoms with Crippen molar-refractivity contribution in [2.24, 2.45) is 5.16 Å². The number of nitrogens with zero attached hydrogens (tertiary/aromatic N) is 2. The summed E-state index contributed by atoms with van der Waals surface area (Å²) in [5, 5.41) is 24.3. The number of oxime groups is 1. The number of amides is 1. The Labute approximate surface area is 157 Å². The van der Waals surface area contributed by atoms with Crippen molar-refractivity contribution in [2.45, 2.75) is 24.9 Å². The lowest BCUT2D eigenvalue weighted by Crippen LogP contribution is -2.45. The van der Waals surface area contributed by atoms with Crippen LogP contribution in [0.2, 0.25) is 0 Å². The van der Waals surface area contributed by atoms with Gasteiger partial charge in [-0.1, -0.05) is 23.4 Å². The van der Waals surface area contributed by atoms with E-state index in [0.29, 0.717) is 22.3 Å². The average molecular weight is 389 g/mol. The lowest BCUT2D eigenvalue weighted by atomic mass is 10.0. The Kier molecular flexibility index (Phi) is 5.07. The van der Waals surface area contributed by atoms with E-state index in [0.717, 1.165) is 0 Å². The van der Waals surface area contributed by atoms with E-state index < -0.39 is 18.4 Å². The van der Waals surface area contributed by atoms with Crippen LogP contribution in [0.5, 0.6) is 0 Å². The number of nitrogens with one attached hydrogen (secondary N) is 1. The third-order valence-corrected chi connectivity index (χ3v) is 4.15. The van der Waals surface area contributed by atoms with Crippen molar-refractivity contribution in [1.29, 1.82) is 5.26 Å². The van der Waals surface area contributed by atoms with Gasteiger partial charge in [-0.25, -0.2) is 0 Å². The lowest BCUT2D eigenvalue weighted by molar-refractivity contribution is -0.355. The molecule has 2 N–H and O–H groups in total. The molecule has 0 spiro atoms. The molecule has 1 amide bonds. The van der Waals surface area contributed by atoms with Crippen LogP contribution in [-0.2, 0) is 11.4 Å². The molecule has 0 radical (unpaired) electrons. The van der Waals surface area contributed by atoms with Crippen molar-refractivity contribution < 1.29 is 27.9 Å². The van der Waals surface area contributed by atoms with Gasteiger partial charge in [-0.15, -0.1) is 0 Å². The molecule has 3 rings (SSSR count). The average Bonchev–Trinajstić information content (AvgIpc) is 3.10. The first kappa shape index (κ1) is 19.4. The summed E-state index contributed by atoms with van der Waals surface area (Å²) in [6.07, 6.45) is -5.79. The molecule has 1 aliphatic heterocycles. The first-order valence-electron chi connectivity index (χ1n) is 8.14. The zero-order valence-electron chi connectivity index (χ0n) is 14.3. The highest BCUT2D eigenvalue weighted by Gasteiger charge is 2.60. The van der Waals surface area contributed by atoms with Gasteiger partial charge in [0.2, 0.25) is 0 Å². The van der Waals surface area contributed by atoms with Gasteiger partial charge in [0.25, 0.3) is 5.91 Å². The number of hydrogen-bond acceptors (Lipinski definition) is 5. The standard InChI is InChI=1S/C19H14F3N3O3/c20-19(21,22)18(27)9-16(25-28-18)15-3-1-2-13(8-15)11-24-17(26)14-6-4-12(10-23)5-7-14/h1-8,27H,9,11H2,(H,24,26). The molecule has 1 unspecified atom stereocenters. The first-order valence-corrected chi connectivity index (χ1v) is 8.14. The summed E-state index contributed by atoms with van der Waals surface area (Å²) in [7, 11) is 0. The van der Waals surface area contributed by atoms with Gasteiger partial charge in [-0.3, -0.25) is 4.79 Å². The van der Waals surface area contributed by atoms with Crippen molar-refractivity contribution in [2.75, 3.05) is 0 Å². The Morgan fingerprint density at radius 1 is 1.29 bits per heavy atom. The summed E-state index contributed by atoms with van der Waals surface area (Å²) in [5.41, 5.74) is 1.75. The fraction of sp³-hybridized carbons (Fsp3) is 0.211. The summed E-state index contributed by atoms with van der Waals surface area (Å²) in [4.78, 5) is 16.4. The molecule has 6 nitrogen and oxygen atoms in total. The van der Waals surface area contributed by atoms with Crippen LogP contribution >= 0.6 is 0 Å².